The topological polar surface area (TPSA) is 69.6 Å². The van der Waals surface area contributed by atoms with E-state index in [4.69, 9.17) is 5.11 Å². The van der Waals surface area contributed by atoms with Crippen LogP contribution in [0.25, 0.3) is 0 Å². The van der Waals surface area contributed by atoms with E-state index >= 15 is 0 Å². The van der Waals surface area contributed by atoms with Gasteiger partial charge in [-0.05, 0) is 32.7 Å². The zero-order chi connectivity index (χ0) is 15.6. The van der Waals surface area contributed by atoms with Crippen LogP contribution in [0.3, 0.4) is 0 Å². The van der Waals surface area contributed by atoms with Gasteiger partial charge in [0.25, 0.3) is 0 Å². The van der Waals surface area contributed by atoms with Gasteiger partial charge in [0.05, 0.1) is 0 Å². The van der Waals surface area contributed by atoms with Crippen LogP contribution in [-0.4, -0.2) is 51.6 Å². The average Bonchev–Trinajstić information content (AvgIpc) is 2.65. The fourth-order valence-electron chi connectivity index (χ4n) is 2.71. The second-order valence-electron chi connectivity index (χ2n) is 6.41. The molecule has 1 aromatic heterocycles. The maximum absolute atomic E-state index is 10.7. The van der Waals surface area contributed by atoms with E-state index in [2.05, 4.69) is 35.6 Å². The molecule has 21 heavy (non-hydrogen) atoms. The lowest BCUT2D eigenvalue weighted by Gasteiger charge is -2.34. The van der Waals surface area contributed by atoms with Gasteiger partial charge in [-0.2, -0.15) is 0 Å². The maximum Gasteiger partial charge on any atom is 0.323 e. The molecule has 1 aliphatic rings. The SMILES string of the molecule is CC1CCN(Cc2cnc(N(C)CC(=O)O)nc2)C1(C)C. The third kappa shape index (κ3) is 3.50. The molecule has 2 rings (SSSR count). The van der Waals surface area contributed by atoms with Gasteiger partial charge in [0.1, 0.15) is 6.54 Å². The summed E-state index contributed by atoms with van der Waals surface area (Å²) in [5.41, 5.74) is 1.25. The molecular formula is C15H24N4O2. The molecule has 0 saturated carbocycles. The second-order valence-corrected chi connectivity index (χ2v) is 6.41. The summed E-state index contributed by atoms with van der Waals surface area (Å²) < 4.78 is 0. The Morgan fingerprint density at radius 2 is 2.10 bits per heavy atom. The number of likely N-dealkylation sites (N-methyl/N-ethyl adjacent to an activating group) is 1. The molecule has 1 fully saturated rings. The summed E-state index contributed by atoms with van der Waals surface area (Å²) in [5, 5.41) is 8.77. The first-order valence-electron chi connectivity index (χ1n) is 7.29. The summed E-state index contributed by atoms with van der Waals surface area (Å²) in [6.07, 6.45) is 4.80. The van der Waals surface area contributed by atoms with E-state index in [1.807, 2.05) is 0 Å². The zero-order valence-corrected chi connectivity index (χ0v) is 13.2. The van der Waals surface area contributed by atoms with Crippen molar-refractivity contribution in [3.8, 4) is 0 Å². The Bertz CT molecular complexity index is 501. The van der Waals surface area contributed by atoms with Gasteiger partial charge in [-0.3, -0.25) is 9.69 Å². The molecule has 1 unspecified atom stereocenters. The van der Waals surface area contributed by atoms with Crippen LogP contribution in [0.2, 0.25) is 0 Å². The molecule has 1 atom stereocenters. The van der Waals surface area contributed by atoms with Crippen molar-refractivity contribution in [1.29, 1.82) is 0 Å². The maximum atomic E-state index is 10.7. The van der Waals surface area contributed by atoms with Crippen molar-refractivity contribution in [2.45, 2.75) is 39.3 Å². The molecule has 6 nitrogen and oxygen atoms in total. The van der Waals surface area contributed by atoms with Gasteiger partial charge in [0.2, 0.25) is 5.95 Å². The molecule has 0 radical (unpaired) electrons. The lowest BCUT2D eigenvalue weighted by atomic mass is 9.90. The predicted octanol–water partition coefficient (Wildman–Crippen LogP) is 1.62. The van der Waals surface area contributed by atoms with Crippen molar-refractivity contribution in [3.05, 3.63) is 18.0 Å². The third-order valence-electron chi connectivity index (χ3n) is 4.63. The van der Waals surface area contributed by atoms with E-state index in [1.165, 1.54) is 11.3 Å². The number of carbonyl (C=O) groups is 1. The van der Waals surface area contributed by atoms with Crippen molar-refractivity contribution < 1.29 is 9.90 Å². The smallest absolute Gasteiger partial charge is 0.323 e. The fraction of sp³-hybridized carbons (Fsp3) is 0.667. The zero-order valence-electron chi connectivity index (χ0n) is 13.2. The van der Waals surface area contributed by atoms with Crippen LogP contribution in [0.5, 0.6) is 0 Å². The Labute approximate surface area is 125 Å². The Morgan fingerprint density at radius 1 is 1.48 bits per heavy atom. The van der Waals surface area contributed by atoms with E-state index in [1.54, 1.807) is 19.4 Å². The van der Waals surface area contributed by atoms with Crippen molar-refractivity contribution in [3.63, 3.8) is 0 Å². The Balaban J connectivity index is 2.01. The molecule has 1 saturated heterocycles. The van der Waals surface area contributed by atoms with Crippen LogP contribution in [0.15, 0.2) is 12.4 Å². The van der Waals surface area contributed by atoms with Gasteiger partial charge in [-0.25, -0.2) is 9.97 Å². The molecule has 0 aliphatic carbocycles. The van der Waals surface area contributed by atoms with Gasteiger partial charge in [-0.1, -0.05) is 6.92 Å². The second kappa shape index (κ2) is 5.97. The van der Waals surface area contributed by atoms with Crippen LogP contribution in [0.4, 0.5) is 5.95 Å². The summed E-state index contributed by atoms with van der Waals surface area (Å²) in [7, 11) is 1.67. The number of carboxylic acids is 1. The van der Waals surface area contributed by atoms with E-state index in [-0.39, 0.29) is 12.1 Å². The van der Waals surface area contributed by atoms with Crippen LogP contribution in [-0.2, 0) is 11.3 Å². The number of anilines is 1. The molecule has 1 aromatic rings. The van der Waals surface area contributed by atoms with Crippen molar-refractivity contribution in [1.82, 2.24) is 14.9 Å². The molecule has 0 aromatic carbocycles. The fourth-order valence-corrected chi connectivity index (χ4v) is 2.71. The van der Waals surface area contributed by atoms with Gasteiger partial charge >= 0.3 is 5.97 Å². The van der Waals surface area contributed by atoms with Crippen molar-refractivity contribution in [2.24, 2.45) is 5.92 Å². The van der Waals surface area contributed by atoms with Crippen LogP contribution >= 0.6 is 0 Å². The molecule has 1 aliphatic heterocycles. The molecular weight excluding hydrogens is 268 g/mol. The standard InChI is InChI=1S/C15H24N4O2/c1-11-5-6-19(15(11,2)3)9-12-7-16-14(17-8-12)18(4)10-13(20)21/h7-8,11H,5-6,9-10H2,1-4H3,(H,20,21). The first-order chi connectivity index (χ1) is 9.80. The molecule has 2 heterocycles. The minimum absolute atomic E-state index is 0.101. The van der Waals surface area contributed by atoms with E-state index in [0.29, 0.717) is 11.9 Å². The molecule has 116 valence electrons. The number of rotatable bonds is 5. The largest absolute Gasteiger partial charge is 0.480 e. The quantitative estimate of drug-likeness (QED) is 0.889. The first kappa shape index (κ1) is 15.7. The molecule has 0 bridgehead atoms. The lowest BCUT2D eigenvalue weighted by Crippen LogP contribution is -2.41. The van der Waals surface area contributed by atoms with E-state index in [0.717, 1.165) is 18.7 Å². The highest BCUT2D eigenvalue weighted by atomic mass is 16.4. The van der Waals surface area contributed by atoms with E-state index < -0.39 is 5.97 Å². The average molecular weight is 292 g/mol. The molecule has 1 N–H and O–H groups in total. The number of hydrogen-bond acceptors (Lipinski definition) is 5. The van der Waals surface area contributed by atoms with Gasteiger partial charge in [0, 0.05) is 37.1 Å². The Hall–Kier alpha value is -1.69. The normalized spacial score (nSPS) is 21.4. The van der Waals surface area contributed by atoms with Crippen LogP contribution in [0, 0.1) is 5.92 Å². The predicted molar refractivity (Wildman–Crippen MR) is 81.2 cm³/mol. The van der Waals surface area contributed by atoms with E-state index in [9.17, 15) is 4.79 Å². The highest BCUT2D eigenvalue weighted by Gasteiger charge is 2.38. The van der Waals surface area contributed by atoms with Crippen LogP contribution in [0.1, 0.15) is 32.8 Å². The monoisotopic (exact) mass is 292 g/mol. The van der Waals surface area contributed by atoms with Gasteiger partial charge in [-0.15, -0.1) is 0 Å². The summed E-state index contributed by atoms with van der Waals surface area (Å²) >= 11 is 0. The third-order valence-corrected chi connectivity index (χ3v) is 4.63. The van der Waals surface area contributed by atoms with Gasteiger partial charge in [0.15, 0.2) is 0 Å². The summed E-state index contributed by atoms with van der Waals surface area (Å²) in [6.45, 7) is 8.67. The highest BCUT2D eigenvalue weighted by Crippen LogP contribution is 2.34. The lowest BCUT2D eigenvalue weighted by molar-refractivity contribution is -0.135. The molecule has 6 heteroatoms. The van der Waals surface area contributed by atoms with Crippen LogP contribution < -0.4 is 4.90 Å². The summed E-state index contributed by atoms with van der Waals surface area (Å²) in [6, 6.07) is 0. The van der Waals surface area contributed by atoms with Crippen molar-refractivity contribution >= 4 is 11.9 Å². The Morgan fingerprint density at radius 3 is 2.57 bits per heavy atom. The first-order valence-corrected chi connectivity index (χ1v) is 7.29. The highest BCUT2D eigenvalue weighted by molar-refractivity contribution is 5.72. The number of likely N-dealkylation sites (tertiary alicyclic amines) is 1. The molecule has 0 amide bonds. The Kier molecular flexibility index (Phi) is 4.46. The summed E-state index contributed by atoms with van der Waals surface area (Å²) in [4.78, 5) is 23.2. The number of carboxylic acid groups (broad SMARTS) is 1. The van der Waals surface area contributed by atoms with Gasteiger partial charge < -0.3 is 10.0 Å². The number of aliphatic carboxylic acids is 1. The molecule has 0 spiro atoms. The number of aromatic nitrogens is 2. The minimum atomic E-state index is -0.891. The minimum Gasteiger partial charge on any atom is -0.480 e. The number of hydrogen-bond donors (Lipinski definition) is 1. The summed E-state index contributed by atoms with van der Waals surface area (Å²) in [5.74, 6) is 0.229. The number of nitrogens with zero attached hydrogens (tertiary/aromatic N) is 4. The van der Waals surface area contributed by atoms with Crippen molar-refractivity contribution in [2.75, 3.05) is 25.0 Å².